The number of nitrogens with zero attached hydrogens (tertiary/aromatic N) is 3. The maximum atomic E-state index is 13.7. The molecule has 6 nitrogen and oxygen atoms in total. The molecule has 1 amide bonds. The minimum atomic E-state index is -1.05. The van der Waals surface area contributed by atoms with Gasteiger partial charge in [-0.2, -0.15) is 0 Å². The summed E-state index contributed by atoms with van der Waals surface area (Å²) >= 11 is 9.59. The molecule has 1 fully saturated rings. The number of piperidine rings is 1. The van der Waals surface area contributed by atoms with Gasteiger partial charge in [0.05, 0.1) is 11.1 Å². The van der Waals surface area contributed by atoms with Crippen molar-refractivity contribution in [2.24, 2.45) is 11.3 Å². The number of likely N-dealkylation sites (tertiary alicyclic amines) is 1. The molecule has 0 aliphatic carbocycles. The van der Waals surface area contributed by atoms with Crippen LogP contribution in [0, 0.1) is 11.3 Å². The monoisotopic (exact) mass is 544 g/mol. The third-order valence-electron chi connectivity index (χ3n) is 6.92. The molecule has 0 unspecified atom stereocenters. The number of nitrogens with one attached hydrogen (secondary N) is 1. The molecule has 0 radical (unpaired) electrons. The number of hydrogen-bond acceptors (Lipinski definition) is 5. The van der Waals surface area contributed by atoms with E-state index in [1.54, 1.807) is 12.1 Å². The van der Waals surface area contributed by atoms with Crippen LogP contribution in [0.5, 0.6) is 0 Å². The van der Waals surface area contributed by atoms with Gasteiger partial charge in [0, 0.05) is 33.4 Å². The topological polar surface area (TPSA) is 78.4 Å². The molecule has 3 aromatic rings. The summed E-state index contributed by atoms with van der Waals surface area (Å²) in [5, 5.41) is 16.5. The smallest absolute Gasteiger partial charge is 0.245 e. The standard InChI is InChI=1S/C26H30BrClN4O2/c1-16(2)21(31-23-19-6-5-7-20(27)22(19)29-15-30-23)24(33)32-13-12-26(34,25(3,4)14-32)17-8-10-18(28)11-9-17/h5-11,15-16,21,34H,12-14H2,1-4H3,(H,29,30,31)/t21-,26+/m1/s1. The highest BCUT2D eigenvalue weighted by atomic mass is 79.9. The molecule has 4 rings (SSSR count). The highest BCUT2D eigenvalue weighted by Crippen LogP contribution is 2.46. The number of carbonyl (C=O) groups is 1. The number of benzene rings is 2. The van der Waals surface area contributed by atoms with Crippen LogP contribution in [-0.2, 0) is 10.4 Å². The van der Waals surface area contributed by atoms with Gasteiger partial charge in [-0.1, -0.05) is 57.5 Å². The van der Waals surface area contributed by atoms with Gasteiger partial charge in [-0.15, -0.1) is 0 Å². The number of halogens is 2. The number of carbonyl (C=O) groups excluding carboxylic acids is 1. The summed E-state index contributed by atoms with van der Waals surface area (Å²) in [7, 11) is 0. The highest BCUT2D eigenvalue weighted by Gasteiger charge is 2.50. The van der Waals surface area contributed by atoms with Crippen LogP contribution in [0.3, 0.4) is 0 Å². The Morgan fingerprint density at radius 2 is 1.88 bits per heavy atom. The number of amides is 1. The van der Waals surface area contributed by atoms with Crippen molar-refractivity contribution in [1.29, 1.82) is 0 Å². The first kappa shape index (κ1) is 24.9. The fourth-order valence-corrected chi connectivity index (χ4v) is 5.39. The van der Waals surface area contributed by atoms with Gasteiger partial charge in [0.15, 0.2) is 0 Å². The largest absolute Gasteiger partial charge is 0.384 e. The van der Waals surface area contributed by atoms with Gasteiger partial charge < -0.3 is 15.3 Å². The second-order valence-corrected chi connectivity index (χ2v) is 11.3. The van der Waals surface area contributed by atoms with Crippen molar-refractivity contribution in [2.45, 2.75) is 45.8 Å². The molecule has 2 aromatic carbocycles. The average molecular weight is 546 g/mol. The van der Waals surface area contributed by atoms with E-state index in [0.29, 0.717) is 30.4 Å². The number of fused-ring (bicyclic) bond motifs is 1. The highest BCUT2D eigenvalue weighted by molar-refractivity contribution is 9.10. The number of hydrogen-bond donors (Lipinski definition) is 2. The van der Waals surface area contributed by atoms with E-state index >= 15 is 0 Å². The summed E-state index contributed by atoms with van der Waals surface area (Å²) in [5.41, 5.74) is 0.0140. The number of rotatable bonds is 5. The third-order valence-corrected chi connectivity index (χ3v) is 7.82. The Morgan fingerprint density at radius 1 is 1.18 bits per heavy atom. The molecular formula is C26H30BrClN4O2. The van der Waals surface area contributed by atoms with Crippen LogP contribution < -0.4 is 5.32 Å². The summed E-state index contributed by atoms with van der Waals surface area (Å²) < 4.78 is 0.877. The quantitative estimate of drug-likeness (QED) is 0.435. The average Bonchev–Trinajstić information content (AvgIpc) is 2.79. The Labute approximate surface area is 213 Å². The van der Waals surface area contributed by atoms with E-state index in [9.17, 15) is 9.90 Å². The van der Waals surface area contributed by atoms with Crippen LogP contribution >= 0.6 is 27.5 Å². The molecular weight excluding hydrogens is 516 g/mol. The summed E-state index contributed by atoms with van der Waals surface area (Å²) in [6.45, 7) is 8.96. The minimum absolute atomic E-state index is 0.00277. The molecule has 1 saturated heterocycles. The predicted octanol–water partition coefficient (Wildman–Crippen LogP) is 5.63. The lowest BCUT2D eigenvalue weighted by molar-refractivity contribution is -0.154. The normalized spacial score (nSPS) is 21.0. The maximum Gasteiger partial charge on any atom is 0.245 e. The second kappa shape index (κ2) is 9.44. The number of aliphatic hydroxyl groups is 1. The SMILES string of the molecule is CC(C)[C@@H](Nc1ncnc2c(Br)cccc12)C(=O)N1CC[C@](O)(c2ccc(Cl)cc2)C(C)(C)C1. The van der Waals surface area contributed by atoms with Crippen molar-refractivity contribution in [3.63, 3.8) is 0 Å². The van der Waals surface area contributed by atoms with Gasteiger partial charge in [0.25, 0.3) is 0 Å². The van der Waals surface area contributed by atoms with Gasteiger partial charge in [0.1, 0.15) is 18.2 Å². The van der Waals surface area contributed by atoms with Crippen molar-refractivity contribution >= 4 is 50.2 Å². The van der Waals surface area contributed by atoms with Crippen LogP contribution in [0.1, 0.15) is 39.7 Å². The van der Waals surface area contributed by atoms with Crippen molar-refractivity contribution in [3.8, 4) is 0 Å². The molecule has 1 aliphatic heterocycles. The maximum absolute atomic E-state index is 13.7. The Kier molecular flexibility index (Phi) is 6.91. The van der Waals surface area contributed by atoms with Gasteiger partial charge in [-0.05, 0) is 58.1 Å². The molecule has 1 aliphatic rings. The lowest BCUT2D eigenvalue weighted by Crippen LogP contribution is -2.59. The first-order valence-electron chi connectivity index (χ1n) is 11.5. The molecule has 2 N–H and O–H groups in total. The molecule has 180 valence electrons. The van der Waals surface area contributed by atoms with E-state index < -0.39 is 17.1 Å². The van der Waals surface area contributed by atoms with Gasteiger partial charge in [0.2, 0.25) is 5.91 Å². The van der Waals surface area contributed by atoms with Crippen LogP contribution in [0.15, 0.2) is 53.3 Å². The Balaban J connectivity index is 1.58. The molecule has 2 heterocycles. The Morgan fingerprint density at radius 3 is 2.53 bits per heavy atom. The van der Waals surface area contributed by atoms with Crippen molar-refractivity contribution in [1.82, 2.24) is 14.9 Å². The van der Waals surface area contributed by atoms with E-state index in [1.807, 2.05) is 62.9 Å². The fourth-order valence-electron chi connectivity index (χ4n) is 4.80. The zero-order chi connectivity index (χ0) is 24.7. The molecule has 1 aromatic heterocycles. The van der Waals surface area contributed by atoms with Crippen LogP contribution in [0.2, 0.25) is 5.02 Å². The minimum Gasteiger partial charge on any atom is -0.384 e. The van der Waals surface area contributed by atoms with Crippen molar-refractivity contribution < 1.29 is 9.90 Å². The number of aromatic nitrogens is 2. The Hall–Kier alpha value is -2.22. The van der Waals surface area contributed by atoms with E-state index in [-0.39, 0.29) is 11.8 Å². The first-order chi connectivity index (χ1) is 16.0. The summed E-state index contributed by atoms with van der Waals surface area (Å²) in [6, 6.07) is 12.7. The lowest BCUT2D eigenvalue weighted by Gasteiger charge is -2.51. The molecule has 0 saturated carbocycles. The summed E-state index contributed by atoms with van der Waals surface area (Å²) in [6.07, 6.45) is 1.95. The summed E-state index contributed by atoms with van der Waals surface area (Å²) in [5.74, 6) is 0.667. The van der Waals surface area contributed by atoms with Crippen molar-refractivity contribution in [3.05, 3.63) is 63.9 Å². The first-order valence-corrected chi connectivity index (χ1v) is 12.6. The van der Waals surface area contributed by atoms with Crippen LogP contribution in [0.25, 0.3) is 10.9 Å². The molecule has 34 heavy (non-hydrogen) atoms. The van der Waals surface area contributed by atoms with Gasteiger partial charge >= 0.3 is 0 Å². The number of anilines is 1. The van der Waals surface area contributed by atoms with Gasteiger partial charge in [-0.3, -0.25) is 4.79 Å². The van der Waals surface area contributed by atoms with Gasteiger partial charge in [-0.25, -0.2) is 9.97 Å². The van der Waals surface area contributed by atoms with E-state index in [1.165, 1.54) is 6.33 Å². The second-order valence-electron chi connectivity index (χ2n) is 9.99. The zero-order valence-corrected chi connectivity index (χ0v) is 22.2. The zero-order valence-electron chi connectivity index (χ0n) is 19.8. The molecule has 8 heteroatoms. The Bertz CT molecular complexity index is 1200. The number of para-hydroxylation sites is 1. The van der Waals surface area contributed by atoms with E-state index in [2.05, 4.69) is 31.2 Å². The lowest BCUT2D eigenvalue weighted by atomic mass is 9.66. The van der Waals surface area contributed by atoms with Crippen LogP contribution in [-0.4, -0.2) is 45.0 Å². The third kappa shape index (κ3) is 4.53. The van der Waals surface area contributed by atoms with Crippen LogP contribution in [0.4, 0.5) is 5.82 Å². The van der Waals surface area contributed by atoms with Crippen molar-refractivity contribution in [2.75, 3.05) is 18.4 Å². The van der Waals surface area contributed by atoms with E-state index in [0.717, 1.165) is 20.9 Å². The van der Waals surface area contributed by atoms with E-state index in [4.69, 9.17) is 11.6 Å². The molecule has 2 atom stereocenters. The molecule has 0 bridgehead atoms. The summed E-state index contributed by atoms with van der Waals surface area (Å²) in [4.78, 5) is 24.4. The fraction of sp³-hybridized carbons (Fsp3) is 0.423. The molecule has 0 spiro atoms. The predicted molar refractivity (Wildman–Crippen MR) is 140 cm³/mol.